The Morgan fingerprint density at radius 3 is 2.78 bits per heavy atom. The average molecular weight is 252 g/mol. The van der Waals surface area contributed by atoms with Crippen molar-refractivity contribution in [1.29, 1.82) is 0 Å². The summed E-state index contributed by atoms with van der Waals surface area (Å²) >= 11 is 0. The summed E-state index contributed by atoms with van der Waals surface area (Å²) in [5, 5.41) is 7.13. The van der Waals surface area contributed by atoms with Crippen LogP contribution in [-0.2, 0) is 11.3 Å². The van der Waals surface area contributed by atoms with Crippen molar-refractivity contribution in [3.05, 3.63) is 22.6 Å². The van der Waals surface area contributed by atoms with E-state index in [0.29, 0.717) is 6.54 Å². The lowest BCUT2D eigenvalue weighted by Crippen LogP contribution is -2.27. The maximum atomic E-state index is 11.7. The molecule has 0 fully saturated rings. The number of carbonyl (C=O) groups is 1. The number of hydrogen-bond acceptors (Lipinski definition) is 4. The summed E-state index contributed by atoms with van der Waals surface area (Å²) in [7, 11) is 3.38. The minimum atomic E-state index is -0.192. The van der Waals surface area contributed by atoms with Crippen molar-refractivity contribution in [1.82, 2.24) is 14.7 Å². The topological polar surface area (TPSA) is 67.2 Å². The molecule has 0 saturated carbocycles. The van der Waals surface area contributed by atoms with Crippen LogP contribution in [0.1, 0.15) is 19.8 Å². The van der Waals surface area contributed by atoms with E-state index in [0.717, 1.165) is 18.7 Å². The smallest absolute Gasteiger partial charge is 0.268 e. The van der Waals surface area contributed by atoms with Crippen LogP contribution in [0, 0.1) is 0 Å². The van der Waals surface area contributed by atoms with Crippen molar-refractivity contribution in [2.24, 2.45) is 0 Å². The molecule has 0 radical (unpaired) electrons. The monoisotopic (exact) mass is 252 g/mol. The summed E-state index contributed by atoms with van der Waals surface area (Å²) in [5.41, 5.74) is 0.527. The molecule has 1 amide bonds. The van der Waals surface area contributed by atoms with Crippen molar-refractivity contribution >= 4 is 11.6 Å². The Labute approximate surface area is 107 Å². The number of rotatable bonds is 6. The minimum absolute atomic E-state index is 0.0168. The molecule has 18 heavy (non-hydrogen) atoms. The molecule has 1 heterocycles. The van der Waals surface area contributed by atoms with Crippen LogP contribution in [0.5, 0.6) is 0 Å². The van der Waals surface area contributed by atoms with E-state index in [4.69, 9.17) is 0 Å². The summed E-state index contributed by atoms with van der Waals surface area (Å²) in [6.07, 6.45) is 2.87. The maximum Gasteiger partial charge on any atom is 0.268 e. The first kappa shape index (κ1) is 14.2. The van der Waals surface area contributed by atoms with Crippen molar-refractivity contribution in [2.45, 2.75) is 26.3 Å². The zero-order valence-corrected chi connectivity index (χ0v) is 11.1. The van der Waals surface area contributed by atoms with Gasteiger partial charge in [0.25, 0.3) is 5.56 Å². The van der Waals surface area contributed by atoms with Gasteiger partial charge in [0, 0.05) is 33.1 Å². The van der Waals surface area contributed by atoms with Gasteiger partial charge in [-0.05, 0) is 6.42 Å². The third-order valence-corrected chi connectivity index (χ3v) is 2.48. The standard InChI is InChI=1S/C12H20N4O2/c1-4-6-13-10-8-12(18)16(14-9-10)7-5-11(17)15(2)3/h8-9,13H,4-7H2,1-3H3. The normalized spacial score (nSPS) is 10.2. The van der Waals surface area contributed by atoms with Crippen molar-refractivity contribution in [2.75, 3.05) is 26.0 Å². The summed E-state index contributed by atoms with van der Waals surface area (Å²) < 4.78 is 1.30. The summed E-state index contributed by atoms with van der Waals surface area (Å²) in [6.45, 7) is 3.17. The maximum absolute atomic E-state index is 11.7. The molecule has 0 aliphatic rings. The van der Waals surface area contributed by atoms with Gasteiger partial charge in [0.15, 0.2) is 0 Å². The molecule has 6 nitrogen and oxygen atoms in total. The van der Waals surface area contributed by atoms with E-state index in [-0.39, 0.29) is 17.9 Å². The number of nitrogens with zero attached hydrogens (tertiary/aromatic N) is 3. The molecule has 0 spiro atoms. The molecule has 1 aromatic rings. The largest absolute Gasteiger partial charge is 0.384 e. The quantitative estimate of drug-likeness (QED) is 0.802. The third-order valence-electron chi connectivity index (χ3n) is 2.48. The SMILES string of the molecule is CCCNc1cnn(CCC(=O)N(C)C)c(=O)c1. The van der Waals surface area contributed by atoms with Crippen molar-refractivity contribution in [3.63, 3.8) is 0 Å². The van der Waals surface area contributed by atoms with Gasteiger partial charge in [0.05, 0.1) is 18.4 Å². The molecular weight excluding hydrogens is 232 g/mol. The Kier molecular flexibility index (Phi) is 5.35. The van der Waals surface area contributed by atoms with Crippen LogP contribution >= 0.6 is 0 Å². The van der Waals surface area contributed by atoms with Gasteiger partial charge in [-0.1, -0.05) is 6.92 Å². The van der Waals surface area contributed by atoms with Gasteiger partial charge in [-0.15, -0.1) is 0 Å². The number of amides is 1. The Morgan fingerprint density at radius 2 is 2.22 bits per heavy atom. The average Bonchev–Trinajstić information content (AvgIpc) is 2.34. The second kappa shape index (κ2) is 6.78. The first-order valence-electron chi connectivity index (χ1n) is 6.05. The summed E-state index contributed by atoms with van der Waals surface area (Å²) in [6, 6.07) is 1.50. The van der Waals surface area contributed by atoms with E-state index < -0.39 is 0 Å². The molecule has 100 valence electrons. The second-order valence-corrected chi connectivity index (χ2v) is 4.27. The zero-order valence-electron chi connectivity index (χ0n) is 11.1. The van der Waals surface area contributed by atoms with E-state index in [1.165, 1.54) is 15.6 Å². The molecule has 0 bridgehead atoms. The van der Waals surface area contributed by atoms with Gasteiger partial charge in [-0.25, -0.2) is 4.68 Å². The Hall–Kier alpha value is -1.85. The van der Waals surface area contributed by atoms with E-state index in [1.807, 2.05) is 0 Å². The van der Waals surface area contributed by atoms with Crippen LogP contribution < -0.4 is 10.9 Å². The molecule has 6 heteroatoms. The fourth-order valence-electron chi connectivity index (χ4n) is 1.39. The van der Waals surface area contributed by atoms with E-state index in [2.05, 4.69) is 17.3 Å². The Bertz CT molecular complexity index is 454. The van der Waals surface area contributed by atoms with Crippen molar-refractivity contribution in [3.8, 4) is 0 Å². The fourth-order valence-corrected chi connectivity index (χ4v) is 1.39. The van der Waals surface area contributed by atoms with E-state index in [1.54, 1.807) is 20.3 Å². The van der Waals surface area contributed by atoms with Crippen LogP contribution in [0.4, 0.5) is 5.69 Å². The Morgan fingerprint density at radius 1 is 1.50 bits per heavy atom. The highest BCUT2D eigenvalue weighted by Crippen LogP contribution is 2.00. The number of aromatic nitrogens is 2. The minimum Gasteiger partial charge on any atom is -0.384 e. The number of nitrogens with one attached hydrogen (secondary N) is 1. The van der Waals surface area contributed by atoms with E-state index in [9.17, 15) is 9.59 Å². The van der Waals surface area contributed by atoms with Gasteiger partial charge >= 0.3 is 0 Å². The van der Waals surface area contributed by atoms with E-state index >= 15 is 0 Å². The second-order valence-electron chi connectivity index (χ2n) is 4.27. The fraction of sp³-hybridized carbons (Fsp3) is 0.583. The molecule has 0 aliphatic heterocycles. The molecule has 0 saturated heterocycles. The molecule has 1 N–H and O–H groups in total. The number of anilines is 1. The molecule has 1 aromatic heterocycles. The first-order valence-corrected chi connectivity index (χ1v) is 6.05. The summed E-state index contributed by atoms with van der Waals surface area (Å²) in [4.78, 5) is 24.6. The predicted octanol–water partition coefficient (Wildman–Crippen LogP) is 0.544. The lowest BCUT2D eigenvalue weighted by molar-refractivity contribution is -0.128. The van der Waals surface area contributed by atoms with Crippen LogP contribution in [0.15, 0.2) is 17.1 Å². The van der Waals surface area contributed by atoms with Crippen LogP contribution in [0.25, 0.3) is 0 Å². The lowest BCUT2D eigenvalue weighted by atomic mass is 10.3. The van der Waals surface area contributed by atoms with Crippen LogP contribution in [0.2, 0.25) is 0 Å². The van der Waals surface area contributed by atoms with Gasteiger partial charge in [0.2, 0.25) is 5.91 Å². The molecule has 0 aromatic carbocycles. The Balaban J connectivity index is 2.63. The molecule has 0 unspecified atom stereocenters. The van der Waals surface area contributed by atoms with Gasteiger partial charge in [0.1, 0.15) is 0 Å². The zero-order chi connectivity index (χ0) is 13.5. The molecular formula is C12H20N4O2. The molecule has 1 rings (SSSR count). The first-order chi connectivity index (χ1) is 8.54. The highest BCUT2D eigenvalue weighted by Gasteiger charge is 2.06. The van der Waals surface area contributed by atoms with Crippen molar-refractivity contribution < 1.29 is 4.79 Å². The molecule has 0 atom stereocenters. The molecule has 0 aliphatic carbocycles. The van der Waals surface area contributed by atoms with Crippen LogP contribution in [0.3, 0.4) is 0 Å². The van der Waals surface area contributed by atoms with Crippen LogP contribution in [-0.4, -0.2) is 41.2 Å². The van der Waals surface area contributed by atoms with Gasteiger partial charge in [-0.2, -0.15) is 5.10 Å². The lowest BCUT2D eigenvalue weighted by Gasteiger charge is -2.11. The highest BCUT2D eigenvalue weighted by atomic mass is 16.2. The number of carbonyl (C=O) groups excluding carboxylic acids is 1. The summed E-state index contributed by atoms with van der Waals surface area (Å²) in [5.74, 6) is -0.0168. The van der Waals surface area contributed by atoms with Gasteiger partial charge in [-0.3, -0.25) is 9.59 Å². The van der Waals surface area contributed by atoms with Gasteiger partial charge < -0.3 is 10.2 Å². The predicted molar refractivity (Wildman–Crippen MR) is 70.6 cm³/mol. The number of aryl methyl sites for hydroxylation is 1. The highest BCUT2D eigenvalue weighted by molar-refractivity contribution is 5.75. The third kappa shape index (κ3) is 4.20. The number of hydrogen-bond donors (Lipinski definition) is 1.